The van der Waals surface area contributed by atoms with Crippen LogP contribution in [0, 0.1) is 5.82 Å². The Bertz CT molecular complexity index is 1220. The van der Waals surface area contributed by atoms with Gasteiger partial charge in [-0.1, -0.05) is 6.07 Å². The van der Waals surface area contributed by atoms with Crippen LogP contribution in [0.2, 0.25) is 0 Å². The highest BCUT2D eigenvalue weighted by Crippen LogP contribution is 2.44. The third kappa shape index (κ3) is 3.82. The minimum atomic E-state index is -0.359. The van der Waals surface area contributed by atoms with Gasteiger partial charge in [-0.05, 0) is 70.7 Å². The van der Waals surface area contributed by atoms with E-state index in [1.807, 2.05) is 13.0 Å². The van der Waals surface area contributed by atoms with Crippen molar-refractivity contribution in [1.82, 2.24) is 15.3 Å². The van der Waals surface area contributed by atoms with Gasteiger partial charge in [-0.2, -0.15) is 0 Å². The van der Waals surface area contributed by atoms with Gasteiger partial charge >= 0.3 is 0 Å². The molecule has 4 rings (SSSR count). The highest BCUT2D eigenvalue weighted by Gasteiger charge is 2.25. The van der Waals surface area contributed by atoms with E-state index in [2.05, 4.69) is 15.3 Å². The molecule has 0 spiro atoms. The van der Waals surface area contributed by atoms with Crippen molar-refractivity contribution in [3.05, 3.63) is 76.6 Å². The van der Waals surface area contributed by atoms with Gasteiger partial charge < -0.3 is 24.9 Å². The molecule has 1 aliphatic rings. The summed E-state index contributed by atoms with van der Waals surface area (Å²) in [5.74, 6) is -0.208. The molecule has 7 nitrogen and oxygen atoms in total. The van der Waals surface area contributed by atoms with Crippen LogP contribution in [0.4, 0.5) is 4.39 Å². The number of carbonyl (C=O) groups excluding carboxylic acids is 1. The minimum absolute atomic E-state index is 0.0833. The standard InChI is InChI=1S/C24H22FN3O4/c1-13-17(6-14-7-21(31-2)23(29)22(8-14)32-3)16-5-4-15(25)9-18(16)19(13)10-27-24(30)20-11-26-12-28-20/h4-9,11-12,29H,10H2,1-3H3,(H,26,28)(H,27,30). The number of nitrogens with one attached hydrogen (secondary N) is 2. The van der Waals surface area contributed by atoms with Gasteiger partial charge in [0.1, 0.15) is 11.5 Å². The van der Waals surface area contributed by atoms with E-state index in [1.165, 1.54) is 38.9 Å². The van der Waals surface area contributed by atoms with E-state index >= 15 is 0 Å². The monoisotopic (exact) mass is 435 g/mol. The molecule has 3 aromatic rings. The molecule has 0 bridgehead atoms. The van der Waals surface area contributed by atoms with Gasteiger partial charge in [0, 0.05) is 12.7 Å². The molecule has 0 unspecified atom stereocenters. The lowest BCUT2D eigenvalue weighted by Crippen LogP contribution is -2.25. The predicted molar refractivity (Wildman–Crippen MR) is 119 cm³/mol. The number of phenols is 1. The second-order valence-corrected chi connectivity index (χ2v) is 7.26. The van der Waals surface area contributed by atoms with Gasteiger partial charge in [-0.3, -0.25) is 4.79 Å². The molecular formula is C24H22FN3O4. The first kappa shape index (κ1) is 21.2. The second-order valence-electron chi connectivity index (χ2n) is 7.26. The van der Waals surface area contributed by atoms with Crippen molar-refractivity contribution in [3.63, 3.8) is 0 Å². The summed E-state index contributed by atoms with van der Waals surface area (Å²) in [6.07, 6.45) is 4.86. The Hall–Kier alpha value is -4.07. The fraction of sp³-hybridized carbons (Fsp3) is 0.167. The molecule has 1 aromatic heterocycles. The molecule has 2 aromatic carbocycles. The molecular weight excluding hydrogens is 413 g/mol. The third-order valence-electron chi connectivity index (χ3n) is 5.42. The SMILES string of the molecule is COc1cc(C=C2C(C)=C(CNC(=O)c3c[nH]cn3)c3cc(F)ccc32)cc(OC)c1O. The topological polar surface area (TPSA) is 96.5 Å². The summed E-state index contributed by atoms with van der Waals surface area (Å²) in [6, 6.07) is 7.98. The lowest BCUT2D eigenvalue weighted by Gasteiger charge is -2.11. The number of nitrogens with zero attached hydrogens (tertiary/aromatic N) is 1. The van der Waals surface area contributed by atoms with E-state index in [0.29, 0.717) is 5.56 Å². The molecule has 32 heavy (non-hydrogen) atoms. The predicted octanol–water partition coefficient (Wildman–Crippen LogP) is 4.03. The second kappa shape index (κ2) is 8.58. The molecule has 8 heteroatoms. The number of amides is 1. The molecule has 3 N–H and O–H groups in total. The fourth-order valence-electron chi connectivity index (χ4n) is 3.79. The summed E-state index contributed by atoms with van der Waals surface area (Å²) in [5.41, 5.74) is 5.17. The van der Waals surface area contributed by atoms with Crippen molar-refractivity contribution in [3.8, 4) is 17.2 Å². The Labute approximate surface area is 184 Å². The molecule has 1 aliphatic carbocycles. The minimum Gasteiger partial charge on any atom is -0.502 e. The van der Waals surface area contributed by atoms with Crippen LogP contribution in [-0.2, 0) is 0 Å². The van der Waals surface area contributed by atoms with Crippen molar-refractivity contribution in [2.45, 2.75) is 6.92 Å². The number of H-pyrrole nitrogens is 1. The molecule has 0 atom stereocenters. The summed E-state index contributed by atoms with van der Waals surface area (Å²) < 4.78 is 24.6. The molecule has 0 fully saturated rings. The molecule has 164 valence electrons. The summed E-state index contributed by atoms with van der Waals surface area (Å²) in [5, 5.41) is 13.0. The Morgan fingerprint density at radius 3 is 2.53 bits per heavy atom. The number of ether oxygens (including phenoxy) is 2. The van der Waals surface area contributed by atoms with Crippen LogP contribution < -0.4 is 14.8 Å². The number of benzene rings is 2. The van der Waals surface area contributed by atoms with E-state index in [-0.39, 0.29) is 41.2 Å². The van der Waals surface area contributed by atoms with E-state index in [0.717, 1.165) is 27.8 Å². The number of hydrogen-bond acceptors (Lipinski definition) is 5. The van der Waals surface area contributed by atoms with Crippen molar-refractivity contribution in [2.24, 2.45) is 0 Å². The highest BCUT2D eigenvalue weighted by molar-refractivity contribution is 6.06. The number of fused-ring (bicyclic) bond motifs is 1. The highest BCUT2D eigenvalue weighted by atomic mass is 19.1. The van der Waals surface area contributed by atoms with E-state index in [9.17, 15) is 14.3 Å². The number of carbonyl (C=O) groups is 1. The number of aromatic hydroxyl groups is 1. The maximum absolute atomic E-state index is 14.1. The first-order chi connectivity index (χ1) is 15.4. The smallest absolute Gasteiger partial charge is 0.271 e. The van der Waals surface area contributed by atoms with Gasteiger partial charge in [-0.25, -0.2) is 9.37 Å². The maximum Gasteiger partial charge on any atom is 0.271 e. The van der Waals surface area contributed by atoms with Crippen molar-refractivity contribution in [2.75, 3.05) is 20.8 Å². The summed E-state index contributed by atoms with van der Waals surface area (Å²) in [4.78, 5) is 19.0. The summed E-state index contributed by atoms with van der Waals surface area (Å²) in [6.45, 7) is 2.14. The first-order valence-electron chi connectivity index (χ1n) is 9.87. The number of phenolic OH excluding ortho intramolecular Hbond substituents is 1. The number of imidazole rings is 1. The quantitative estimate of drug-likeness (QED) is 0.543. The molecule has 0 saturated carbocycles. The molecule has 0 radical (unpaired) electrons. The van der Waals surface area contributed by atoms with Crippen molar-refractivity contribution < 1.29 is 23.8 Å². The molecule has 1 amide bonds. The Morgan fingerprint density at radius 1 is 1.19 bits per heavy atom. The van der Waals surface area contributed by atoms with Gasteiger partial charge in [0.2, 0.25) is 5.75 Å². The van der Waals surface area contributed by atoms with Crippen LogP contribution in [0.1, 0.15) is 34.1 Å². The van der Waals surface area contributed by atoms with E-state index in [4.69, 9.17) is 9.47 Å². The van der Waals surface area contributed by atoms with Crippen LogP contribution in [0.3, 0.4) is 0 Å². The summed E-state index contributed by atoms with van der Waals surface area (Å²) >= 11 is 0. The molecule has 1 heterocycles. The normalized spacial score (nSPS) is 13.9. The van der Waals surface area contributed by atoms with Crippen LogP contribution in [-0.4, -0.2) is 41.7 Å². The largest absolute Gasteiger partial charge is 0.502 e. The number of methoxy groups -OCH3 is 2. The summed E-state index contributed by atoms with van der Waals surface area (Å²) in [7, 11) is 2.93. The molecule has 0 aliphatic heterocycles. The zero-order valence-corrected chi connectivity index (χ0v) is 17.8. The van der Waals surface area contributed by atoms with Crippen LogP contribution >= 0.6 is 0 Å². The number of aromatic amines is 1. The number of halogens is 1. The first-order valence-corrected chi connectivity index (χ1v) is 9.87. The number of hydrogen-bond donors (Lipinski definition) is 3. The van der Waals surface area contributed by atoms with Crippen LogP contribution in [0.25, 0.3) is 17.2 Å². The Kier molecular flexibility index (Phi) is 5.68. The maximum atomic E-state index is 14.1. The van der Waals surface area contributed by atoms with Crippen LogP contribution in [0.15, 0.2) is 48.4 Å². The zero-order valence-electron chi connectivity index (χ0n) is 17.8. The van der Waals surface area contributed by atoms with Gasteiger partial charge in [0.25, 0.3) is 5.91 Å². The lowest BCUT2D eigenvalue weighted by molar-refractivity contribution is 0.0954. The van der Waals surface area contributed by atoms with Gasteiger partial charge in [-0.15, -0.1) is 0 Å². The van der Waals surface area contributed by atoms with E-state index < -0.39 is 0 Å². The molecule has 0 saturated heterocycles. The Morgan fingerprint density at radius 2 is 1.91 bits per heavy atom. The Balaban J connectivity index is 1.75. The van der Waals surface area contributed by atoms with Crippen molar-refractivity contribution >= 4 is 23.1 Å². The average Bonchev–Trinajstić information content (AvgIpc) is 3.41. The van der Waals surface area contributed by atoms with Gasteiger partial charge in [0.05, 0.1) is 20.5 Å². The zero-order chi connectivity index (χ0) is 22.8. The fourth-order valence-corrected chi connectivity index (χ4v) is 3.79. The van der Waals surface area contributed by atoms with Crippen molar-refractivity contribution in [1.29, 1.82) is 0 Å². The van der Waals surface area contributed by atoms with E-state index in [1.54, 1.807) is 18.2 Å². The lowest BCUT2D eigenvalue weighted by atomic mass is 10.00. The number of aromatic nitrogens is 2. The van der Waals surface area contributed by atoms with Gasteiger partial charge in [0.15, 0.2) is 11.5 Å². The average molecular weight is 435 g/mol. The third-order valence-corrected chi connectivity index (χ3v) is 5.42. The number of rotatable bonds is 6. The number of allylic oxidation sites excluding steroid dienone is 2. The van der Waals surface area contributed by atoms with Crippen LogP contribution in [0.5, 0.6) is 17.2 Å².